The van der Waals surface area contributed by atoms with E-state index >= 15 is 0 Å². The second-order valence-electron chi connectivity index (χ2n) is 5.62. The molecule has 4 nitrogen and oxygen atoms in total. The van der Waals surface area contributed by atoms with Crippen LogP contribution in [0.5, 0.6) is 0 Å². The molecule has 0 fully saturated rings. The quantitative estimate of drug-likeness (QED) is 0.814. The van der Waals surface area contributed by atoms with Crippen molar-refractivity contribution >= 4 is 5.78 Å². The van der Waals surface area contributed by atoms with Crippen LogP contribution in [0.1, 0.15) is 46.9 Å². The fourth-order valence-corrected chi connectivity index (χ4v) is 2.32. The second kappa shape index (κ2) is 6.40. The molecule has 0 unspecified atom stereocenters. The fourth-order valence-electron chi connectivity index (χ4n) is 2.32. The standard InChI is InChI=1S/C18H18N2O2/c1-12(2)16-9-8-15(10-19)18(22)20(16)11-17(21)14-6-4-13(3)5-7-14/h4-9,12H,11H2,1-3H3. The lowest BCUT2D eigenvalue weighted by molar-refractivity contribution is 0.0969. The molecule has 0 atom stereocenters. The number of hydrogen-bond acceptors (Lipinski definition) is 3. The normalized spacial score (nSPS) is 10.5. The molecular formula is C18H18N2O2. The van der Waals surface area contributed by atoms with Crippen LogP contribution >= 0.6 is 0 Å². The predicted octanol–water partition coefficient (Wildman–Crippen LogP) is 3.03. The largest absolute Gasteiger partial charge is 0.303 e. The van der Waals surface area contributed by atoms with Gasteiger partial charge in [0.05, 0.1) is 6.54 Å². The Kier molecular flexibility index (Phi) is 4.57. The number of ketones is 1. The molecule has 0 bridgehead atoms. The number of aryl methyl sites for hydroxylation is 1. The minimum atomic E-state index is -0.408. The molecule has 0 spiro atoms. The number of carbonyl (C=O) groups is 1. The number of carbonyl (C=O) groups excluding carboxylic acids is 1. The van der Waals surface area contributed by atoms with Gasteiger partial charge < -0.3 is 4.57 Å². The van der Waals surface area contributed by atoms with Crippen molar-refractivity contribution in [2.24, 2.45) is 0 Å². The van der Waals surface area contributed by atoms with Crippen LogP contribution in [-0.4, -0.2) is 10.4 Å². The van der Waals surface area contributed by atoms with Crippen molar-refractivity contribution in [3.8, 4) is 6.07 Å². The Morgan fingerprint density at radius 1 is 1.18 bits per heavy atom. The maximum absolute atomic E-state index is 12.4. The van der Waals surface area contributed by atoms with Crippen molar-refractivity contribution in [2.45, 2.75) is 33.2 Å². The number of rotatable bonds is 4. The highest BCUT2D eigenvalue weighted by molar-refractivity contribution is 5.96. The lowest BCUT2D eigenvalue weighted by atomic mass is 10.1. The number of hydrogen-bond donors (Lipinski definition) is 0. The van der Waals surface area contributed by atoms with E-state index in [1.54, 1.807) is 18.2 Å². The second-order valence-corrected chi connectivity index (χ2v) is 5.62. The van der Waals surface area contributed by atoms with Crippen molar-refractivity contribution in [3.63, 3.8) is 0 Å². The van der Waals surface area contributed by atoms with E-state index in [-0.39, 0.29) is 23.8 Å². The first kappa shape index (κ1) is 15.7. The van der Waals surface area contributed by atoms with E-state index in [9.17, 15) is 9.59 Å². The number of nitrogens with zero attached hydrogens (tertiary/aromatic N) is 2. The van der Waals surface area contributed by atoms with Crippen LogP contribution in [0.15, 0.2) is 41.2 Å². The summed E-state index contributed by atoms with van der Waals surface area (Å²) in [6, 6.07) is 12.4. The Bertz CT molecular complexity index is 793. The third-order valence-electron chi connectivity index (χ3n) is 3.60. The van der Waals surface area contributed by atoms with Gasteiger partial charge in [-0.15, -0.1) is 0 Å². The van der Waals surface area contributed by atoms with Crippen LogP contribution in [0.25, 0.3) is 0 Å². The molecule has 0 saturated heterocycles. The van der Waals surface area contributed by atoms with Gasteiger partial charge in [-0.1, -0.05) is 43.7 Å². The molecule has 0 aliphatic heterocycles. The molecular weight excluding hydrogens is 276 g/mol. The van der Waals surface area contributed by atoms with Crippen molar-refractivity contribution in [1.82, 2.24) is 4.57 Å². The van der Waals surface area contributed by atoms with Crippen molar-refractivity contribution in [1.29, 1.82) is 5.26 Å². The molecule has 2 rings (SSSR count). The van der Waals surface area contributed by atoms with E-state index in [1.165, 1.54) is 10.6 Å². The topological polar surface area (TPSA) is 62.9 Å². The summed E-state index contributed by atoms with van der Waals surface area (Å²) in [5.74, 6) is -0.0506. The van der Waals surface area contributed by atoms with E-state index in [4.69, 9.17) is 5.26 Å². The van der Waals surface area contributed by atoms with E-state index in [0.29, 0.717) is 5.56 Å². The molecule has 0 aliphatic carbocycles. The van der Waals surface area contributed by atoms with E-state index in [1.807, 2.05) is 39.0 Å². The molecule has 4 heteroatoms. The lowest BCUT2D eigenvalue weighted by Gasteiger charge is -2.15. The highest BCUT2D eigenvalue weighted by Gasteiger charge is 2.15. The van der Waals surface area contributed by atoms with Gasteiger partial charge in [-0.3, -0.25) is 9.59 Å². The Hall–Kier alpha value is -2.67. The molecule has 2 aromatic rings. The summed E-state index contributed by atoms with van der Waals surface area (Å²) in [7, 11) is 0. The minimum absolute atomic E-state index is 0.0507. The first-order valence-electron chi connectivity index (χ1n) is 7.17. The molecule has 0 N–H and O–H groups in total. The van der Waals surface area contributed by atoms with E-state index in [2.05, 4.69) is 0 Å². The highest BCUT2D eigenvalue weighted by Crippen LogP contribution is 2.14. The number of Topliss-reactive ketones (excluding diaryl/α,β-unsaturated/α-hetero) is 1. The predicted molar refractivity (Wildman–Crippen MR) is 85.0 cm³/mol. The number of benzene rings is 1. The van der Waals surface area contributed by atoms with Gasteiger partial charge in [0.2, 0.25) is 0 Å². The maximum Gasteiger partial charge on any atom is 0.269 e. The fraction of sp³-hybridized carbons (Fsp3) is 0.278. The summed E-state index contributed by atoms with van der Waals surface area (Å²) in [4.78, 5) is 24.7. The smallest absolute Gasteiger partial charge is 0.269 e. The SMILES string of the molecule is Cc1ccc(C(=O)Cn2c(C(C)C)ccc(C#N)c2=O)cc1. The summed E-state index contributed by atoms with van der Waals surface area (Å²) >= 11 is 0. The molecule has 0 aliphatic rings. The third kappa shape index (κ3) is 3.15. The van der Waals surface area contributed by atoms with Gasteiger partial charge in [0.15, 0.2) is 5.78 Å². The van der Waals surface area contributed by atoms with Gasteiger partial charge >= 0.3 is 0 Å². The zero-order chi connectivity index (χ0) is 16.3. The Labute approximate surface area is 129 Å². The summed E-state index contributed by atoms with van der Waals surface area (Å²) in [6.07, 6.45) is 0. The third-order valence-corrected chi connectivity index (χ3v) is 3.60. The van der Waals surface area contributed by atoms with Crippen molar-refractivity contribution in [3.05, 3.63) is 69.1 Å². The van der Waals surface area contributed by atoms with Gasteiger partial charge in [0, 0.05) is 11.3 Å². The Morgan fingerprint density at radius 2 is 1.82 bits per heavy atom. The molecule has 112 valence electrons. The van der Waals surface area contributed by atoms with Crippen LogP contribution in [0.4, 0.5) is 0 Å². The number of aromatic nitrogens is 1. The molecule has 0 amide bonds. The van der Waals surface area contributed by atoms with Gasteiger partial charge in [-0.2, -0.15) is 5.26 Å². The number of pyridine rings is 1. The van der Waals surface area contributed by atoms with E-state index in [0.717, 1.165) is 11.3 Å². The van der Waals surface area contributed by atoms with Crippen LogP contribution in [0.2, 0.25) is 0 Å². The van der Waals surface area contributed by atoms with E-state index < -0.39 is 5.56 Å². The molecule has 1 aromatic carbocycles. The Morgan fingerprint density at radius 3 is 2.36 bits per heavy atom. The van der Waals surface area contributed by atoms with Gasteiger partial charge in [-0.25, -0.2) is 0 Å². The highest BCUT2D eigenvalue weighted by atomic mass is 16.1. The van der Waals surface area contributed by atoms with Crippen molar-refractivity contribution in [2.75, 3.05) is 0 Å². The molecule has 22 heavy (non-hydrogen) atoms. The van der Waals surface area contributed by atoms with Crippen molar-refractivity contribution < 1.29 is 4.79 Å². The maximum atomic E-state index is 12.4. The molecule has 1 heterocycles. The zero-order valence-electron chi connectivity index (χ0n) is 13.0. The summed E-state index contributed by atoms with van der Waals surface area (Å²) in [6.45, 7) is 5.80. The monoisotopic (exact) mass is 294 g/mol. The molecule has 1 aromatic heterocycles. The van der Waals surface area contributed by atoms with Gasteiger partial charge in [0.25, 0.3) is 5.56 Å². The lowest BCUT2D eigenvalue weighted by Crippen LogP contribution is -2.29. The first-order chi connectivity index (χ1) is 10.4. The summed E-state index contributed by atoms with van der Waals surface area (Å²) in [5.41, 5.74) is 2.04. The van der Waals surface area contributed by atoms with Crippen LogP contribution in [-0.2, 0) is 6.54 Å². The average Bonchev–Trinajstić information content (AvgIpc) is 2.49. The summed E-state index contributed by atoms with van der Waals surface area (Å²) < 4.78 is 1.41. The summed E-state index contributed by atoms with van der Waals surface area (Å²) in [5, 5.41) is 9.01. The van der Waals surface area contributed by atoms with Gasteiger partial charge in [0.1, 0.15) is 11.6 Å². The average molecular weight is 294 g/mol. The number of nitriles is 1. The molecule has 0 radical (unpaired) electrons. The zero-order valence-corrected chi connectivity index (χ0v) is 13.0. The van der Waals surface area contributed by atoms with Crippen LogP contribution in [0, 0.1) is 18.3 Å². The van der Waals surface area contributed by atoms with Gasteiger partial charge in [-0.05, 0) is 25.0 Å². The minimum Gasteiger partial charge on any atom is -0.303 e. The molecule has 0 saturated carbocycles. The Balaban J connectivity index is 2.44. The van der Waals surface area contributed by atoms with Crippen LogP contribution < -0.4 is 5.56 Å². The first-order valence-corrected chi connectivity index (χ1v) is 7.17. The van der Waals surface area contributed by atoms with Crippen LogP contribution in [0.3, 0.4) is 0 Å².